The number of aliphatic hydroxyl groups excluding tert-OH is 1. The highest BCUT2D eigenvalue weighted by Crippen LogP contribution is 2.15. The summed E-state index contributed by atoms with van der Waals surface area (Å²) < 4.78 is 5.90. The van der Waals surface area contributed by atoms with Gasteiger partial charge in [-0.1, -0.05) is 84.0 Å². The van der Waals surface area contributed by atoms with Gasteiger partial charge in [0.1, 0.15) is 6.54 Å². The van der Waals surface area contributed by atoms with E-state index >= 15 is 0 Å². The topological polar surface area (TPSA) is 86.7 Å². The molecule has 0 bridgehead atoms. The van der Waals surface area contributed by atoms with Gasteiger partial charge in [0.25, 0.3) is 0 Å². The molecular formula is C26H51NO5. The van der Waals surface area contributed by atoms with Crippen molar-refractivity contribution in [1.29, 1.82) is 0 Å². The molecule has 0 radical (unpaired) electrons. The molecule has 0 aromatic heterocycles. The molecule has 0 amide bonds. The van der Waals surface area contributed by atoms with Crippen LogP contribution in [0.25, 0.3) is 0 Å². The molecule has 32 heavy (non-hydrogen) atoms. The number of aliphatic carboxylic acids is 1. The molecule has 6 nitrogen and oxygen atoms in total. The first-order valence-electron chi connectivity index (χ1n) is 13.0. The van der Waals surface area contributed by atoms with Gasteiger partial charge in [0.2, 0.25) is 0 Å². The number of unbranched alkanes of at least 4 members (excludes halogenated alkanes) is 11. The van der Waals surface area contributed by atoms with Gasteiger partial charge in [0.15, 0.2) is 6.10 Å². The number of carbonyl (C=O) groups excluding carboxylic acids is 2. The Balaban J connectivity index is 3.64. The fourth-order valence-corrected chi connectivity index (χ4v) is 4.02. The lowest BCUT2D eigenvalue weighted by molar-refractivity contribution is -0.873. The predicted octanol–water partition coefficient (Wildman–Crippen LogP) is 4.37. The van der Waals surface area contributed by atoms with Crippen LogP contribution in [0.5, 0.6) is 0 Å². The monoisotopic (exact) mass is 457 g/mol. The van der Waals surface area contributed by atoms with Gasteiger partial charge in [-0.3, -0.25) is 4.79 Å². The smallest absolute Gasteiger partial charge is 0.306 e. The molecule has 0 saturated carbocycles. The third-order valence-electron chi connectivity index (χ3n) is 5.75. The maximum atomic E-state index is 12.0. The molecule has 0 aromatic carbocycles. The minimum Gasteiger partial charge on any atom is -0.550 e. The number of ether oxygens (including phenoxy) is 1. The minimum absolute atomic E-state index is 0.134. The summed E-state index contributed by atoms with van der Waals surface area (Å²) >= 11 is 0. The Hall–Kier alpha value is -1.14. The van der Waals surface area contributed by atoms with Crippen molar-refractivity contribution in [2.24, 2.45) is 0 Å². The molecular weight excluding hydrogens is 406 g/mol. The summed E-state index contributed by atoms with van der Waals surface area (Å²) in [6.07, 6.45) is 16.2. The molecule has 2 unspecified atom stereocenters. The molecule has 1 N–H and O–H groups in total. The van der Waals surface area contributed by atoms with Gasteiger partial charge in [-0.15, -0.1) is 0 Å². The maximum absolute atomic E-state index is 12.0. The third-order valence-corrected chi connectivity index (χ3v) is 5.75. The molecule has 0 aliphatic rings. The number of rotatable bonds is 22. The fraction of sp³-hybridized carbons (Fsp3) is 0.923. The van der Waals surface area contributed by atoms with E-state index < -0.39 is 12.1 Å². The number of hydrogen-bond donors (Lipinski definition) is 1. The predicted molar refractivity (Wildman–Crippen MR) is 128 cm³/mol. The van der Waals surface area contributed by atoms with Gasteiger partial charge in [0.05, 0.1) is 27.2 Å². The first kappa shape index (κ1) is 30.9. The number of aliphatic hydroxyl groups is 1. The van der Waals surface area contributed by atoms with Crippen LogP contribution in [0.4, 0.5) is 0 Å². The van der Waals surface area contributed by atoms with E-state index in [9.17, 15) is 19.8 Å². The summed E-state index contributed by atoms with van der Waals surface area (Å²) in [6.45, 7) is 2.68. The van der Waals surface area contributed by atoms with Crippen molar-refractivity contribution in [1.82, 2.24) is 0 Å². The number of carbonyl (C=O) groups is 2. The van der Waals surface area contributed by atoms with Gasteiger partial charge < -0.3 is 24.2 Å². The summed E-state index contributed by atoms with van der Waals surface area (Å²) in [5, 5.41) is 21.0. The zero-order valence-electron chi connectivity index (χ0n) is 21.4. The van der Waals surface area contributed by atoms with Crippen LogP contribution < -0.4 is 5.11 Å². The molecule has 0 fully saturated rings. The van der Waals surface area contributed by atoms with Crippen LogP contribution in [-0.2, 0) is 14.3 Å². The van der Waals surface area contributed by atoms with E-state index in [-0.39, 0.29) is 18.5 Å². The van der Waals surface area contributed by atoms with Crippen LogP contribution in [0, 0.1) is 0 Å². The van der Waals surface area contributed by atoms with Gasteiger partial charge in [-0.25, -0.2) is 0 Å². The summed E-state index contributed by atoms with van der Waals surface area (Å²) in [7, 11) is 5.81. The van der Waals surface area contributed by atoms with E-state index in [1.54, 1.807) is 0 Å². The first-order valence-corrected chi connectivity index (χ1v) is 13.0. The molecule has 6 heteroatoms. The van der Waals surface area contributed by atoms with Gasteiger partial charge >= 0.3 is 5.97 Å². The molecule has 2 atom stereocenters. The number of esters is 1. The molecule has 0 aromatic rings. The summed E-state index contributed by atoms with van der Waals surface area (Å²) in [5.74, 6) is -1.50. The average molecular weight is 458 g/mol. The van der Waals surface area contributed by atoms with Crippen LogP contribution in [-0.4, -0.2) is 61.4 Å². The van der Waals surface area contributed by atoms with E-state index in [1.807, 2.05) is 21.1 Å². The summed E-state index contributed by atoms with van der Waals surface area (Å²) in [5.41, 5.74) is 0. The number of carboxylic acid groups (broad SMARTS) is 1. The zero-order chi connectivity index (χ0) is 24.2. The van der Waals surface area contributed by atoms with Crippen molar-refractivity contribution < 1.29 is 29.0 Å². The van der Waals surface area contributed by atoms with E-state index in [0.717, 1.165) is 57.8 Å². The Morgan fingerprint density at radius 3 is 1.75 bits per heavy atom. The number of hydrogen-bond acceptors (Lipinski definition) is 5. The van der Waals surface area contributed by atoms with Crippen molar-refractivity contribution in [3.05, 3.63) is 0 Å². The molecule has 0 saturated heterocycles. The standard InChI is InChI=1S/C26H51NO5/c1-5-6-7-8-12-15-18-23(28)19-16-13-10-9-11-14-17-20-26(31)32-24(21-25(29)30)22-27(2,3)4/h23-24,28H,5-22H2,1-4H3. The lowest BCUT2D eigenvalue weighted by Crippen LogP contribution is -2.45. The van der Waals surface area contributed by atoms with Crippen LogP contribution in [0.15, 0.2) is 0 Å². The van der Waals surface area contributed by atoms with Gasteiger partial charge in [-0.2, -0.15) is 0 Å². The number of quaternary nitrogens is 1. The SMILES string of the molecule is CCCCCCCCC(O)CCCCCCCCCC(=O)OC(CC(=O)[O-])C[N+](C)(C)C. The normalized spacial score (nSPS) is 13.7. The van der Waals surface area contributed by atoms with E-state index in [0.29, 0.717) is 17.4 Å². The highest BCUT2D eigenvalue weighted by Gasteiger charge is 2.22. The van der Waals surface area contributed by atoms with Crippen LogP contribution >= 0.6 is 0 Å². The lowest BCUT2D eigenvalue weighted by atomic mass is 10.0. The third kappa shape index (κ3) is 22.1. The van der Waals surface area contributed by atoms with Crippen LogP contribution in [0.1, 0.15) is 116 Å². The molecule has 0 spiro atoms. The Labute approximate surface area is 197 Å². The van der Waals surface area contributed by atoms with Crippen LogP contribution in [0.3, 0.4) is 0 Å². The largest absolute Gasteiger partial charge is 0.550 e. The van der Waals surface area contributed by atoms with Crippen molar-refractivity contribution in [2.45, 2.75) is 128 Å². The van der Waals surface area contributed by atoms with Gasteiger partial charge in [-0.05, 0) is 19.3 Å². The molecule has 0 rings (SSSR count). The Kier molecular flexibility index (Phi) is 18.7. The first-order chi connectivity index (χ1) is 15.1. The second kappa shape index (κ2) is 19.3. The Morgan fingerprint density at radius 2 is 1.28 bits per heavy atom. The number of nitrogens with zero attached hydrogens (tertiary/aromatic N) is 1. The van der Waals surface area contributed by atoms with Crippen LogP contribution in [0.2, 0.25) is 0 Å². The van der Waals surface area contributed by atoms with Crippen molar-refractivity contribution in [2.75, 3.05) is 27.7 Å². The fourth-order valence-electron chi connectivity index (χ4n) is 4.02. The van der Waals surface area contributed by atoms with Crippen molar-refractivity contribution in [3.63, 3.8) is 0 Å². The minimum atomic E-state index is -1.19. The highest BCUT2D eigenvalue weighted by molar-refractivity contribution is 5.70. The molecule has 0 aliphatic heterocycles. The Bertz CT molecular complexity index is 475. The lowest BCUT2D eigenvalue weighted by Gasteiger charge is -2.29. The molecule has 190 valence electrons. The number of carboxylic acids is 1. The average Bonchev–Trinajstić information content (AvgIpc) is 2.67. The zero-order valence-corrected chi connectivity index (χ0v) is 21.4. The molecule has 0 heterocycles. The maximum Gasteiger partial charge on any atom is 0.306 e. The Morgan fingerprint density at radius 1 is 0.812 bits per heavy atom. The van der Waals surface area contributed by atoms with Crippen molar-refractivity contribution in [3.8, 4) is 0 Å². The van der Waals surface area contributed by atoms with E-state index in [4.69, 9.17) is 4.74 Å². The molecule has 0 aliphatic carbocycles. The van der Waals surface area contributed by atoms with Gasteiger partial charge in [0, 0.05) is 18.8 Å². The second-order valence-electron chi connectivity index (χ2n) is 10.4. The van der Waals surface area contributed by atoms with E-state index in [1.165, 1.54) is 38.5 Å². The highest BCUT2D eigenvalue weighted by atomic mass is 16.5. The van der Waals surface area contributed by atoms with E-state index in [2.05, 4.69) is 6.92 Å². The van der Waals surface area contributed by atoms with Crippen molar-refractivity contribution >= 4 is 11.9 Å². The quantitative estimate of drug-likeness (QED) is 0.148. The number of likely N-dealkylation sites (N-methyl/N-ethyl adjacent to an activating group) is 1. The summed E-state index contributed by atoms with van der Waals surface area (Å²) in [4.78, 5) is 22.9. The summed E-state index contributed by atoms with van der Waals surface area (Å²) in [6, 6.07) is 0. The second-order valence-corrected chi connectivity index (χ2v) is 10.4.